The molecule has 6 heteroatoms. The van der Waals surface area contributed by atoms with E-state index in [4.69, 9.17) is 4.99 Å². The van der Waals surface area contributed by atoms with Crippen LogP contribution in [0.3, 0.4) is 0 Å². The highest BCUT2D eigenvalue weighted by Gasteiger charge is 2.26. The van der Waals surface area contributed by atoms with Gasteiger partial charge in [-0.1, -0.05) is 48.5 Å². The van der Waals surface area contributed by atoms with E-state index in [0.29, 0.717) is 22.8 Å². The highest BCUT2D eigenvalue weighted by Crippen LogP contribution is 2.32. The third-order valence-corrected chi connectivity index (χ3v) is 5.54. The lowest BCUT2D eigenvalue weighted by Gasteiger charge is -2.22. The summed E-state index contributed by atoms with van der Waals surface area (Å²) >= 11 is 1.61. The van der Waals surface area contributed by atoms with Crippen LogP contribution in [-0.2, 0) is 9.59 Å². The van der Waals surface area contributed by atoms with Crippen LogP contribution in [0.2, 0.25) is 0 Å². The van der Waals surface area contributed by atoms with Gasteiger partial charge in [0.25, 0.3) is 0 Å². The van der Waals surface area contributed by atoms with Crippen molar-refractivity contribution in [1.82, 2.24) is 0 Å². The normalized spacial score (nSPS) is 13.3. The molecule has 0 saturated carbocycles. The standard InChI is InChI=1S/C24H21N3O2S/c1-30-19-11-7-10-18(14-19)25-23(28)16-27-22-13-6-5-12-20(22)26-21(15-24(27)29)17-8-3-2-4-9-17/h2-14H,15-16H2,1H3,(H,25,28). The molecule has 0 unspecified atom stereocenters. The number of thioether (sulfide) groups is 1. The van der Waals surface area contributed by atoms with Crippen molar-refractivity contribution in [3.63, 3.8) is 0 Å². The Balaban J connectivity index is 1.59. The second-order valence-electron chi connectivity index (χ2n) is 6.85. The number of carbonyl (C=O) groups excluding carboxylic acids is 2. The van der Waals surface area contributed by atoms with Gasteiger partial charge in [0.15, 0.2) is 0 Å². The fourth-order valence-electron chi connectivity index (χ4n) is 3.36. The zero-order valence-corrected chi connectivity index (χ0v) is 17.4. The lowest BCUT2D eigenvalue weighted by molar-refractivity contribution is -0.120. The molecular formula is C24H21N3O2S. The molecule has 30 heavy (non-hydrogen) atoms. The van der Waals surface area contributed by atoms with Crippen molar-refractivity contribution in [2.75, 3.05) is 23.0 Å². The monoisotopic (exact) mass is 415 g/mol. The van der Waals surface area contributed by atoms with Gasteiger partial charge in [0.2, 0.25) is 11.8 Å². The Morgan fingerprint density at radius 2 is 1.80 bits per heavy atom. The first-order valence-electron chi connectivity index (χ1n) is 9.60. The molecule has 0 fully saturated rings. The summed E-state index contributed by atoms with van der Waals surface area (Å²) < 4.78 is 0. The molecule has 150 valence electrons. The Morgan fingerprint density at radius 1 is 1.03 bits per heavy atom. The van der Waals surface area contributed by atoms with Gasteiger partial charge < -0.3 is 10.2 Å². The molecule has 1 heterocycles. The first kappa shape index (κ1) is 19.9. The van der Waals surface area contributed by atoms with E-state index in [-0.39, 0.29) is 24.8 Å². The molecule has 5 nitrogen and oxygen atoms in total. The number of fused-ring (bicyclic) bond motifs is 1. The zero-order valence-electron chi connectivity index (χ0n) is 16.5. The van der Waals surface area contributed by atoms with Crippen LogP contribution in [0.25, 0.3) is 0 Å². The third kappa shape index (κ3) is 4.44. The summed E-state index contributed by atoms with van der Waals surface area (Å²) in [4.78, 5) is 33.2. The number of hydrogen-bond acceptors (Lipinski definition) is 4. The van der Waals surface area contributed by atoms with Gasteiger partial charge in [-0.3, -0.25) is 14.6 Å². The highest BCUT2D eigenvalue weighted by atomic mass is 32.2. The van der Waals surface area contributed by atoms with Crippen LogP contribution < -0.4 is 10.2 Å². The molecule has 3 aromatic carbocycles. The maximum absolute atomic E-state index is 13.1. The van der Waals surface area contributed by atoms with Crippen LogP contribution in [0.1, 0.15) is 12.0 Å². The first-order chi connectivity index (χ1) is 14.6. The van der Waals surface area contributed by atoms with Crippen molar-refractivity contribution in [1.29, 1.82) is 0 Å². The van der Waals surface area contributed by atoms with Crippen molar-refractivity contribution in [3.05, 3.63) is 84.4 Å². The number of nitrogens with zero attached hydrogens (tertiary/aromatic N) is 2. The van der Waals surface area contributed by atoms with Crippen LogP contribution in [-0.4, -0.2) is 30.3 Å². The molecule has 1 aliphatic rings. The van der Waals surface area contributed by atoms with Gasteiger partial charge in [0.1, 0.15) is 6.54 Å². The van der Waals surface area contributed by atoms with Crippen molar-refractivity contribution in [3.8, 4) is 0 Å². The van der Waals surface area contributed by atoms with Gasteiger partial charge in [0, 0.05) is 10.6 Å². The van der Waals surface area contributed by atoms with Crippen molar-refractivity contribution >= 4 is 46.4 Å². The van der Waals surface area contributed by atoms with Crippen molar-refractivity contribution in [2.24, 2.45) is 4.99 Å². The summed E-state index contributed by atoms with van der Waals surface area (Å²) in [6.45, 7) is -0.0725. The Morgan fingerprint density at radius 3 is 2.60 bits per heavy atom. The lowest BCUT2D eigenvalue weighted by atomic mass is 10.1. The van der Waals surface area contributed by atoms with E-state index in [0.717, 1.165) is 10.5 Å². The fourth-order valence-corrected chi connectivity index (χ4v) is 3.82. The highest BCUT2D eigenvalue weighted by molar-refractivity contribution is 7.98. The molecule has 3 aromatic rings. The average Bonchev–Trinajstić information content (AvgIpc) is 2.91. The summed E-state index contributed by atoms with van der Waals surface area (Å²) in [5, 5.41) is 2.90. The topological polar surface area (TPSA) is 61.8 Å². The number of aliphatic imine (C=N–C) groups is 1. The maximum atomic E-state index is 13.1. The summed E-state index contributed by atoms with van der Waals surface area (Å²) in [5.41, 5.74) is 3.63. The smallest absolute Gasteiger partial charge is 0.244 e. The number of carbonyl (C=O) groups is 2. The number of nitrogens with one attached hydrogen (secondary N) is 1. The van der Waals surface area contributed by atoms with Crippen LogP contribution in [0, 0.1) is 0 Å². The Hall–Kier alpha value is -3.38. The van der Waals surface area contributed by atoms with E-state index in [1.807, 2.05) is 85.1 Å². The number of para-hydroxylation sites is 2. The number of hydrogen-bond donors (Lipinski definition) is 1. The average molecular weight is 416 g/mol. The molecule has 0 aliphatic carbocycles. The summed E-state index contributed by atoms with van der Waals surface area (Å²) in [6, 6.07) is 24.7. The molecule has 0 radical (unpaired) electrons. The second kappa shape index (κ2) is 8.97. The molecule has 0 aromatic heterocycles. The minimum atomic E-state index is -0.250. The SMILES string of the molecule is CSc1cccc(NC(=O)CN2C(=O)CC(c3ccccc3)=Nc3ccccc32)c1. The summed E-state index contributed by atoms with van der Waals surface area (Å²) in [6.07, 6.45) is 2.12. The molecule has 0 spiro atoms. The fraction of sp³-hybridized carbons (Fsp3) is 0.125. The van der Waals surface area contributed by atoms with Gasteiger partial charge >= 0.3 is 0 Å². The largest absolute Gasteiger partial charge is 0.324 e. The molecule has 0 saturated heterocycles. The van der Waals surface area contributed by atoms with Crippen molar-refractivity contribution in [2.45, 2.75) is 11.3 Å². The number of amides is 2. The number of rotatable bonds is 5. The Labute approximate surface area is 179 Å². The van der Waals surface area contributed by atoms with Crippen LogP contribution in [0.5, 0.6) is 0 Å². The van der Waals surface area contributed by atoms with E-state index in [1.54, 1.807) is 11.8 Å². The Bertz CT molecular complexity index is 1110. The summed E-state index contributed by atoms with van der Waals surface area (Å²) in [7, 11) is 0. The van der Waals surface area contributed by atoms with E-state index in [1.165, 1.54) is 4.90 Å². The predicted molar refractivity (Wildman–Crippen MR) is 123 cm³/mol. The van der Waals surface area contributed by atoms with Gasteiger partial charge in [-0.05, 0) is 42.2 Å². The van der Waals surface area contributed by atoms with Gasteiger partial charge in [0.05, 0.1) is 23.5 Å². The van der Waals surface area contributed by atoms with E-state index in [2.05, 4.69) is 5.32 Å². The molecule has 1 N–H and O–H groups in total. The Kier molecular flexibility index (Phi) is 5.95. The van der Waals surface area contributed by atoms with E-state index < -0.39 is 0 Å². The molecule has 4 rings (SSSR count). The second-order valence-corrected chi connectivity index (χ2v) is 7.73. The molecular weight excluding hydrogens is 394 g/mol. The molecule has 0 atom stereocenters. The lowest BCUT2D eigenvalue weighted by Crippen LogP contribution is -2.38. The van der Waals surface area contributed by atoms with Gasteiger partial charge in [-0.2, -0.15) is 0 Å². The third-order valence-electron chi connectivity index (χ3n) is 4.81. The predicted octanol–water partition coefficient (Wildman–Crippen LogP) is 4.90. The van der Waals surface area contributed by atoms with Gasteiger partial charge in [-0.25, -0.2) is 0 Å². The van der Waals surface area contributed by atoms with Crippen LogP contribution in [0.4, 0.5) is 17.1 Å². The summed E-state index contributed by atoms with van der Waals surface area (Å²) in [5.74, 6) is -0.407. The molecule has 1 aliphatic heterocycles. The molecule has 0 bridgehead atoms. The quantitative estimate of drug-likeness (QED) is 0.603. The molecule has 2 amide bonds. The van der Waals surface area contributed by atoms with Crippen LogP contribution in [0.15, 0.2) is 88.8 Å². The minimum Gasteiger partial charge on any atom is -0.324 e. The number of anilines is 2. The zero-order chi connectivity index (χ0) is 20.9. The van der Waals surface area contributed by atoms with Crippen molar-refractivity contribution < 1.29 is 9.59 Å². The number of benzene rings is 3. The van der Waals surface area contributed by atoms with E-state index in [9.17, 15) is 9.59 Å². The van der Waals surface area contributed by atoms with Crippen LogP contribution >= 0.6 is 11.8 Å². The maximum Gasteiger partial charge on any atom is 0.244 e. The minimum absolute atomic E-state index is 0.0725. The first-order valence-corrected chi connectivity index (χ1v) is 10.8. The van der Waals surface area contributed by atoms with E-state index >= 15 is 0 Å². The van der Waals surface area contributed by atoms with Gasteiger partial charge in [-0.15, -0.1) is 11.8 Å².